The lowest BCUT2D eigenvalue weighted by Gasteiger charge is -2.24. The van der Waals surface area contributed by atoms with Gasteiger partial charge in [-0.1, -0.05) is 32.0 Å². The van der Waals surface area contributed by atoms with Crippen LogP contribution in [-0.2, 0) is 25.6 Å². The summed E-state index contributed by atoms with van der Waals surface area (Å²) < 4.78 is 0. The molecule has 0 radical (unpaired) electrons. The molecule has 11 nitrogen and oxygen atoms in total. The van der Waals surface area contributed by atoms with Crippen LogP contribution in [0.1, 0.15) is 45.1 Å². The highest BCUT2D eigenvalue weighted by atomic mass is 16.4. The summed E-state index contributed by atoms with van der Waals surface area (Å²) in [5, 5.41) is 17.6. The molecule has 198 valence electrons. The fourth-order valence-electron chi connectivity index (χ4n) is 3.94. The summed E-state index contributed by atoms with van der Waals surface area (Å²) >= 11 is 0. The van der Waals surface area contributed by atoms with Gasteiger partial charge < -0.3 is 37.5 Å². The molecule has 0 bridgehead atoms. The van der Waals surface area contributed by atoms with Gasteiger partial charge >= 0.3 is 5.97 Å². The van der Waals surface area contributed by atoms with Crippen molar-refractivity contribution in [2.24, 2.45) is 17.4 Å². The summed E-state index contributed by atoms with van der Waals surface area (Å²) in [4.78, 5) is 52.8. The molecule has 0 fully saturated rings. The Bertz CT molecular complexity index is 1040. The summed E-state index contributed by atoms with van der Waals surface area (Å²) in [5.74, 6) is -2.64. The first kappa shape index (κ1) is 28.8. The van der Waals surface area contributed by atoms with Gasteiger partial charge in [0.2, 0.25) is 17.7 Å². The van der Waals surface area contributed by atoms with Gasteiger partial charge in [-0.05, 0) is 49.8 Å². The van der Waals surface area contributed by atoms with Crippen molar-refractivity contribution in [3.63, 3.8) is 0 Å². The predicted octanol–water partition coefficient (Wildman–Crippen LogP) is 0.383. The van der Waals surface area contributed by atoms with Crippen molar-refractivity contribution < 1.29 is 24.3 Å². The number of nitrogens with two attached hydrogens (primary N) is 2. The molecule has 1 aromatic carbocycles. The maximum atomic E-state index is 13.4. The molecule has 2 aromatic rings. The number of benzene rings is 1. The van der Waals surface area contributed by atoms with Gasteiger partial charge in [-0.25, -0.2) is 0 Å². The summed E-state index contributed by atoms with van der Waals surface area (Å²) in [5.41, 5.74) is 13.3. The monoisotopic (exact) mass is 502 g/mol. The zero-order valence-corrected chi connectivity index (χ0v) is 20.9. The van der Waals surface area contributed by atoms with Crippen LogP contribution in [0.25, 0.3) is 10.9 Å². The Kier molecular flexibility index (Phi) is 11.4. The number of carboxylic acids is 1. The molecule has 9 N–H and O–H groups in total. The zero-order valence-electron chi connectivity index (χ0n) is 20.9. The Morgan fingerprint density at radius 1 is 1.00 bits per heavy atom. The van der Waals surface area contributed by atoms with E-state index in [-0.39, 0.29) is 18.8 Å². The van der Waals surface area contributed by atoms with Crippen LogP contribution in [0.15, 0.2) is 30.5 Å². The molecule has 3 atom stereocenters. The lowest BCUT2D eigenvalue weighted by Crippen LogP contribution is -2.56. The zero-order chi connectivity index (χ0) is 26.7. The van der Waals surface area contributed by atoms with Gasteiger partial charge in [-0.3, -0.25) is 19.2 Å². The number of aromatic amines is 1. The van der Waals surface area contributed by atoms with Crippen LogP contribution in [0, 0.1) is 5.92 Å². The molecule has 3 unspecified atom stereocenters. The summed E-state index contributed by atoms with van der Waals surface area (Å²) in [6, 6.07) is 4.83. The SMILES string of the molecule is CC(C)CC(N)C(=O)NC(Cc1c[nH]c2ccccc12)C(=O)NC(CCCCN)C(=O)NCC(=O)O. The minimum atomic E-state index is -1.20. The van der Waals surface area contributed by atoms with E-state index >= 15 is 0 Å². The number of hydrogen-bond donors (Lipinski definition) is 7. The van der Waals surface area contributed by atoms with E-state index in [9.17, 15) is 19.2 Å². The normalized spacial score (nSPS) is 13.7. The average molecular weight is 503 g/mol. The fourth-order valence-corrected chi connectivity index (χ4v) is 3.94. The van der Waals surface area contributed by atoms with Crippen LogP contribution in [0.2, 0.25) is 0 Å². The highest BCUT2D eigenvalue weighted by Gasteiger charge is 2.29. The van der Waals surface area contributed by atoms with Crippen LogP contribution < -0.4 is 27.4 Å². The minimum Gasteiger partial charge on any atom is -0.480 e. The first-order valence-electron chi connectivity index (χ1n) is 12.2. The first-order valence-corrected chi connectivity index (χ1v) is 12.2. The standard InChI is InChI=1S/C25H38N6O5/c1-15(2)11-18(27)23(34)31-21(12-16-13-28-19-8-4-3-7-17(16)19)25(36)30-20(9-5-6-10-26)24(35)29-14-22(32)33/h3-4,7-8,13,15,18,20-21,28H,5-6,9-12,14,26-27H2,1-2H3,(H,29,35)(H,30,36)(H,31,34)(H,32,33). The van der Waals surface area contributed by atoms with E-state index in [2.05, 4.69) is 20.9 Å². The number of carbonyl (C=O) groups is 4. The number of carbonyl (C=O) groups excluding carboxylic acids is 3. The first-order chi connectivity index (χ1) is 17.1. The van der Waals surface area contributed by atoms with Gasteiger partial charge in [0.05, 0.1) is 6.04 Å². The number of hydrogen-bond acceptors (Lipinski definition) is 6. The summed E-state index contributed by atoms with van der Waals surface area (Å²) in [7, 11) is 0. The Labute approximate surface area is 210 Å². The van der Waals surface area contributed by atoms with Crippen molar-refractivity contribution in [2.75, 3.05) is 13.1 Å². The molecule has 2 rings (SSSR count). The highest BCUT2D eigenvalue weighted by Crippen LogP contribution is 2.19. The molecule has 3 amide bonds. The quantitative estimate of drug-likeness (QED) is 0.171. The molecule has 1 heterocycles. The molecule has 1 aromatic heterocycles. The molecular formula is C25H38N6O5. The van der Waals surface area contributed by atoms with Crippen molar-refractivity contribution in [3.8, 4) is 0 Å². The number of unbranched alkanes of at least 4 members (excludes halogenated alkanes) is 1. The van der Waals surface area contributed by atoms with Crippen LogP contribution in [0.3, 0.4) is 0 Å². The number of nitrogens with one attached hydrogen (secondary N) is 4. The van der Waals surface area contributed by atoms with Gasteiger partial charge in [0.15, 0.2) is 0 Å². The fraction of sp³-hybridized carbons (Fsp3) is 0.520. The second-order valence-electron chi connectivity index (χ2n) is 9.32. The van der Waals surface area contributed by atoms with Gasteiger partial charge in [-0.2, -0.15) is 0 Å². The maximum absolute atomic E-state index is 13.4. The third-order valence-electron chi connectivity index (χ3n) is 5.79. The third-order valence-corrected chi connectivity index (χ3v) is 5.79. The third kappa shape index (κ3) is 8.97. The van der Waals surface area contributed by atoms with Gasteiger partial charge in [0.25, 0.3) is 0 Å². The van der Waals surface area contributed by atoms with Crippen molar-refractivity contribution in [1.82, 2.24) is 20.9 Å². The number of aromatic nitrogens is 1. The molecule has 0 spiro atoms. The topological polar surface area (TPSA) is 192 Å². The lowest BCUT2D eigenvalue weighted by atomic mass is 10.0. The number of para-hydroxylation sites is 1. The summed E-state index contributed by atoms with van der Waals surface area (Å²) in [6.07, 6.45) is 3.87. The Hall–Kier alpha value is -3.44. The highest BCUT2D eigenvalue weighted by molar-refractivity contribution is 5.94. The second-order valence-corrected chi connectivity index (χ2v) is 9.32. The van der Waals surface area contributed by atoms with Gasteiger partial charge in [0.1, 0.15) is 18.6 Å². The van der Waals surface area contributed by atoms with Crippen molar-refractivity contribution in [1.29, 1.82) is 0 Å². The van der Waals surface area contributed by atoms with E-state index in [1.54, 1.807) is 6.20 Å². The molecule has 0 aliphatic heterocycles. The molecule has 0 saturated carbocycles. The van der Waals surface area contributed by atoms with Crippen LogP contribution in [-0.4, -0.2) is 65.0 Å². The number of aliphatic carboxylic acids is 1. The predicted molar refractivity (Wildman–Crippen MR) is 137 cm³/mol. The molecule has 36 heavy (non-hydrogen) atoms. The maximum Gasteiger partial charge on any atom is 0.322 e. The van der Waals surface area contributed by atoms with Crippen LogP contribution in [0.5, 0.6) is 0 Å². The lowest BCUT2D eigenvalue weighted by molar-refractivity contribution is -0.138. The number of fused-ring (bicyclic) bond motifs is 1. The molecule has 0 aliphatic carbocycles. The number of carboxylic acid groups (broad SMARTS) is 1. The van der Waals surface area contributed by atoms with E-state index in [4.69, 9.17) is 16.6 Å². The molecule has 0 saturated heterocycles. The minimum absolute atomic E-state index is 0.169. The van der Waals surface area contributed by atoms with Crippen molar-refractivity contribution in [3.05, 3.63) is 36.0 Å². The Morgan fingerprint density at radius 3 is 2.36 bits per heavy atom. The van der Waals surface area contributed by atoms with Gasteiger partial charge in [-0.15, -0.1) is 0 Å². The van der Waals surface area contributed by atoms with E-state index in [1.807, 2.05) is 38.1 Å². The smallest absolute Gasteiger partial charge is 0.322 e. The number of amides is 3. The Balaban J connectivity index is 2.24. The molecular weight excluding hydrogens is 464 g/mol. The van der Waals surface area contributed by atoms with E-state index in [0.717, 1.165) is 16.5 Å². The second kappa shape index (κ2) is 14.2. The summed E-state index contributed by atoms with van der Waals surface area (Å²) in [6.45, 7) is 3.75. The average Bonchev–Trinajstić information content (AvgIpc) is 3.23. The van der Waals surface area contributed by atoms with Crippen molar-refractivity contribution >= 4 is 34.6 Å². The molecule has 11 heteroatoms. The molecule has 0 aliphatic rings. The number of rotatable bonds is 15. The van der Waals surface area contributed by atoms with Crippen molar-refractivity contribution in [2.45, 2.75) is 64.1 Å². The largest absolute Gasteiger partial charge is 0.480 e. The van der Waals surface area contributed by atoms with E-state index < -0.39 is 48.4 Å². The van der Waals surface area contributed by atoms with E-state index in [1.165, 1.54) is 0 Å². The van der Waals surface area contributed by atoms with E-state index in [0.29, 0.717) is 25.8 Å². The van der Waals surface area contributed by atoms with Crippen LogP contribution >= 0.6 is 0 Å². The Morgan fingerprint density at radius 2 is 1.69 bits per heavy atom. The van der Waals surface area contributed by atoms with Crippen LogP contribution in [0.4, 0.5) is 0 Å². The van der Waals surface area contributed by atoms with Gasteiger partial charge in [0, 0.05) is 23.5 Å². The number of H-pyrrole nitrogens is 1.